The number of hydrazone groups is 1. The summed E-state index contributed by atoms with van der Waals surface area (Å²) >= 11 is 0. The molecule has 0 saturated carbocycles. The number of hydrogen-bond acceptors (Lipinski definition) is 5. The minimum Gasteiger partial charge on any atom is -0.372 e. The molecule has 2 aromatic carbocycles. The van der Waals surface area contributed by atoms with Crippen LogP contribution in [0.1, 0.15) is 20.3 Å². The lowest BCUT2D eigenvalue weighted by atomic mass is 10.1. The Bertz CT molecular complexity index is 908. The SMILES string of the molecule is CCN(CC)c1ccc(NC(=O)C2=NN(c3ccc(F)cc3)C(C(N)=O)C2)cc1. The molecule has 0 spiro atoms. The van der Waals surface area contributed by atoms with Crippen LogP contribution in [0.15, 0.2) is 53.6 Å². The highest BCUT2D eigenvalue weighted by Gasteiger charge is 2.35. The second-order valence-corrected chi connectivity index (χ2v) is 6.66. The lowest BCUT2D eigenvalue weighted by Gasteiger charge is -2.21. The van der Waals surface area contributed by atoms with Gasteiger partial charge >= 0.3 is 0 Å². The number of hydrogen-bond donors (Lipinski definition) is 2. The molecule has 0 fully saturated rings. The number of nitrogens with two attached hydrogens (primary N) is 1. The van der Waals surface area contributed by atoms with Crippen molar-refractivity contribution in [3.63, 3.8) is 0 Å². The molecule has 1 atom stereocenters. The molecule has 1 aliphatic rings. The van der Waals surface area contributed by atoms with Gasteiger partial charge in [0.15, 0.2) is 0 Å². The smallest absolute Gasteiger partial charge is 0.271 e. The Hall–Kier alpha value is -3.42. The highest BCUT2D eigenvalue weighted by Crippen LogP contribution is 2.25. The van der Waals surface area contributed by atoms with Crippen LogP contribution in [0.5, 0.6) is 0 Å². The monoisotopic (exact) mass is 397 g/mol. The molecule has 2 aromatic rings. The molecular formula is C21H24FN5O2. The van der Waals surface area contributed by atoms with E-state index in [1.54, 1.807) is 0 Å². The first-order chi connectivity index (χ1) is 13.9. The van der Waals surface area contributed by atoms with E-state index in [-0.39, 0.29) is 12.1 Å². The molecule has 0 bridgehead atoms. The van der Waals surface area contributed by atoms with Gasteiger partial charge in [-0.05, 0) is 62.4 Å². The molecule has 3 rings (SSSR count). The number of nitrogens with zero attached hydrogens (tertiary/aromatic N) is 3. The third kappa shape index (κ3) is 4.53. The van der Waals surface area contributed by atoms with Gasteiger partial charge < -0.3 is 16.0 Å². The number of carbonyl (C=O) groups excluding carboxylic acids is 2. The standard InChI is InChI=1S/C21H24FN5O2/c1-3-26(4-2)16-11-7-15(8-12-16)24-21(29)18-13-19(20(23)28)27(25-18)17-9-5-14(22)6-10-17/h5-12,19H,3-4,13H2,1-2H3,(H2,23,28)(H,24,29). The van der Waals surface area contributed by atoms with E-state index < -0.39 is 23.7 Å². The van der Waals surface area contributed by atoms with Crippen molar-refractivity contribution in [1.82, 2.24) is 0 Å². The van der Waals surface area contributed by atoms with Crippen molar-refractivity contribution in [2.45, 2.75) is 26.3 Å². The Labute approximate surface area is 169 Å². The van der Waals surface area contributed by atoms with E-state index in [0.29, 0.717) is 11.4 Å². The average Bonchev–Trinajstić information content (AvgIpc) is 3.17. The van der Waals surface area contributed by atoms with Gasteiger partial charge in [-0.3, -0.25) is 14.6 Å². The number of nitrogens with one attached hydrogen (secondary N) is 1. The van der Waals surface area contributed by atoms with Crippen molar-refractivity contribution >= 4 is 34.6 Å². The summed E-state index contributed by atoms with van der Waals surface area (Å²) < 4.78 is 13.2. The van der Waals surface area contributed by atoms with Crippen molar-refractivity contribution in [2.24, 2.45) is 10.8 Å². The first kappa shape index (κ1) is 20.3. The Balaban J connectivity index is 1.75. The van der Waals surface area contributed by atoms with E-state index in [4.69, 9.17) is 5.73 Å². The van der Waals surface area contributed by atoms with Crippen LogP contribution in [0.4, 0.5) is 21.5 Å². The van der Waals surface area contributed by atoms with Gasteiger partial charge in [-0.2, -0.15) is 5.10 Å². The van der Waals surface area contributed by atoms with Gasteiger partial charge in [-0.15, -0.1) is 0 Å². The normalized spacial score (nSPS) is 15.8. The predicted octanol–water partition coefficient (Wildman–Crippen LogP) is 2.73. The predicted molar refractivity (Wildman–Crippen MR) is 113 cm³/mol. The van der Waals surface area contributed by atoms with Crippen LogP contribution in [-0.2, 0) is 9.59 Å². The first-order valence-electron chi connectivity index (χ1n) is 9.50. The van der Waals surface area contributed by atoms with E-state index in [1.807, 2.05) is 24.3 Å². The van der Waals surface area contributed by atoms with Gasteiger partial charge in [-0.25, -0.2) is 4.39 Å². The van der Waals surface area contributed by atoms with Crippen LogP contribution in [-0.4, -0.2) is 36.7 Å². The fourth-order valence-corrected chi connectivity index (χ4v) is 3.25. The van der Waals surface area contributed by atoms with Gasteiger partial charge in [-0.1, -0.05) is 0 Å². The third-order valence-corrected chi connectivity index (χ3v) is 4.85. The van der Waals surface area contributed by atoms with Crippen LogP contribution in [0, 0.1) is 5.82 Å². The van der Waals surface area contributed by atoms with Gasteiger partial charge in [0.1, 0.15) is 17.6 Å². The van der Waals surface area contributed by atoms with E-state index in [1.165, 1.54) is 29.3 Å². The molecular weight excluding hydrogens is 373 g/mol. The molecule has 152 valence electrons. The summed E-state index contributed by atoms with van der Waals surface area (Å²) in [5.74, 6) is -1.42. The Morgan fingerprint density at radius 3 is 2.31 bits per heavy atom. The minimum atomic E-state index is -0.800. The molecule has 1 aliphatic heterocycles. The van der Waals surface area contributed by atoms with E-state index in [9.17, 15) is 14.0 Å². The highest BCUT2D eigenvalue weighted by atomic mass is 19.1. The maximum atomic E-state index is 13.2. The molecule has 3 N–H and O–H groups in total. The van der Waals surface area contributed by atoms with Gasteiger partial charge in [0.05, 0.1) is 5.69 Å². The van der Waals surface area contributed by atoms with E-state index in [2.05, 4.69) is 29.2 Å². The van der Waals surface area contributed by atoms with Crippen molar-refractivity contribution in [1.29, 1.82) is 0 Å². The van der Waals surface area contributed by atoms with Crippen molar-refractivity contribution < 1.29 is 14.0 Å². The van der Waals surface area contributed by atoms with Crippen molar-refractivity contribution in [3.8, 4) is 0 Å². The minimum absolute atomic E-state index is 0.0794. The van der Waals surface area contributed by atoms with Crippen molar-refractivity contribution in [3.05, 3.63) is 54.3 Å². The average molecular weight is 397 g/mol. The van der Waals surface area contributed by atoms with Gasteiger partial charge in [0.2, 0.25) is 5.91 Å². The second-order valence-electron chi connectivity index (χ2n) is 6.66. The summed E-state index contributed by atoms with van der Waals surface area (Å²) in [4.78, 5) is 26.7. The Morgan fingerprint density at radius 2 is 1.76 bits per heavy atom. The zero-order chi connectivity index (χ0) is 21.0. The number of amides is 2. The summed E-state index contributed by atoms with van der Waals surface area (Å²) in [6.45, 7) is 5.96. The third-order valence-electron chi connectivity index (χ3n) is 4.85. The molecule has 2 amide bonds. The molecule has 8 heteroatoms. The Morgan fingerprint density at radius 1 is 1.14 bits per heavy atom. The lowest BCUT2D eigenvalue weighted by molar-refractivity contribution is -0.119. The molecule has 7 nitrogen and oxygen atoms in total. The maximum Gasteiger partial charge on any atom is 0.271 e. The van der Waals surface area contributed by atoms with Crippen LogP contribution >= 0.6 is 0 Å². The van der Waals surface area contributed by atoms with Crippen LogP contribution in [0.3, 0.4) is 0 Å². The number of primary amides is 1. The van der Waals surface area contributed by atoms with Crippen LogP contribution in [0.2, 0.25) is 0 Å². The quantitative estimate of drug-likeness (QED) is 0.752. The number of anilines is 3. The fourth-order valence-electron chi connectivity index (χ4n) is 3.25. The number of benzene rings is 2. The number of carbonyl (C=O) groups is 2. The van der Waals surface area contributed by atoms with Gasteiger partial charge in [0, 0.05) is 30.9 Å². The lowest BCUT2D eigenvalue weighted by Crippen LogP contribution is -2.39. The highest BCUT2D eigenvalue weighted by molar-refractivity contribution is 6.44. The van der Waals surface area contributed by atoms with Crippen LogP contribution < -0.4 is 21.0 Å². The zero-order valence-electron chi connectivity index (χ0n) is 16.4. The Kier molecular flexibility index (Phi) is 6.11. The summed E-state index contributed by atoms with van der Waals surface area (Å²) in [5, 5.41) is 8.43. The first-order valence-corrected chi connectivity index (χ1v) is 9.50. The van der Waals surface area contributed by atoms with Crippen molar-refractivity contribution in [2.75, 3.05) is 28.3 Å². The largest absolute Gasteiger partial charge is 0.372 e. The molecule has 0 radical (unpaired) electrons. The maximum absolute atomic E-state index is 13.2. The topological polar surface area (TPSA) is 91.0 Å². The summed E-state index contributed by atoms with van der Waals surface area (Å²) in [5.41, 5.74) is 7.85. The molecule has 1 unspecified atom stereocenters. The number of rotatable bonds is 7. The van der Waals surface area contributed by atoms with E-state index >= 15 is 0 Å². The second kappa shape index (κ2) is 8.72. The zero-order valence-corrected chi connectivity index (χ0v) is 16.4. The summed E-state index contributed by atoms with van der Waals surface area (Å²) in [6.07, 6.45) is 0.0794. The summed E-state index contributed by atoms with van der Waals surface area (Å²) in [7, 11) is 0. The van der Waals surface area contributed by atoms with E-state index in [0.717, 1.165) is 18.8 Å². The molecule has 0 aliphatic carbocycles. The summed E-state index contributed by atoms with van der Waals surface area (Å²) in [6, 6.07) is 12.2. The van der Waals surface area contributed by atoms with Gasteiger partial charge in [0.25, 0.3) is 5.91 Å². The molecule has 1 heterocycles. The molecule has 29 heavy (non-hydrogen) atoms. The molecule has 0 saturated heterocycles. The fraction of sp³-hybridized carbons (Fsp3) is 0.286. The molecule has 0 aromatic heterocycles. The number of halogens is 1. The van der Waals surface area contributed by atoms with Crippen LogP contribution in [0.25, 0.3) is 0 Å².